The Morgan fingerprint density at radius 2 is 1.79 bits per heavy atom. The molecular weight excluding hydrogens is 263 g/mol. The van der Waals surface area contributed by atoms with Gasteiger partial charge in [0.15, 0.2) is 0 Å². The topological polar surface area (TPSA) is 20.2 Å². The third-order valence-corrected chi connectivity index (χ3v) is 3.66. The van der Waals surface area contributed by atoms with Gasteiger partial charge in [0, 0.05) is 6.42 Å². The smallest absolute Gasteiger partial charge is 0.142 e. The number of rotatable bonds is 3. The first kappa shape index (κ1) is 14.0. The van der Waals surface area contributed by atoms with E-state index in [0.717, 1.165) is 11.1 Å². The van der Waals surface area contributed by atoms with Crippen molar-refractivity contribution < 1.29 is 9.50 Å². The van der Waals surface area contributed by atoms with Crippen molar-refractivity contribution in [3.8, 4) is 0 Å². The highest BCUT2D eigenvalue weighted by atomic mass is 35.5. The van der Waals surface area contributed by atoms with Crippen molar-refractivity contribution in [2.75, 3.05) is 0 Å². The highest BCUT2D eigenvalue weighted by Crippen LogP contribution is 2.29. The molecule has 0 heterocycles. The fourth-order valence-electron chi connectivity index (χ4n) is 2.07. The fourth-order valence-corrected chi connectivity index (χ4v) is 2.26. The summed E-state index contributed by atoms with van der Waals surface area (Å²) in [5, 5.41) is 10.6. The molecule has 0 aliphatic carbocycles. The van der Waals surface area contributed by atoms with Crippen LogP contribution in [0.1, 0.15) is 23.6 Å². The van der Waals surface area contributed by atoms with Crippen LogP contribution in [-0.2, 0) is 12.0 Å². The van der Waals surface area contributed by atoms with Gasteiger partial charge in [-0.05, 0) is 31.0 Å². The third-order valence-electron chi connectivity index (χ3n) is 3.24. The van der Waals surface area contributed by atoms with Crippen LogP contribution in [0, 0.1) is 12.7 Å². The molecule has 1 unspecified atom stereocenters. The Morgan fingerprint density at radius 3 is 2.42 bits per heavy atom. The SMILES string of the molecule is Cc1ccc(C(C)(O)Cc2cccc(F)c2Cl)cc1. The van der Waals surface area contributed by atoms with Crippen LogP contribution in [0.25, 0.3) is 0 Å². The number of halogens is 2. The van der Waals surface area contributed by atoms with E-state index in [2.05, 4.69) is 0 Å². The van der Waals surface area contributed by atoms with Crippen LogP contribution in [0.4, 0.5) is 4.39 Å². The quantitative estimate of drug-likeness (QED) is 0.890. The molecule has 0 spiro atoms. The van der Waals surface area contributed by atoms with E-state index in [9.17, 15) is 9.50 Å². The summed E-state index contributed by atoms with van der Waals surface area (Å²) in [7, 11) is 0. The molecule has 0 saturated heterocycles. The minimum atomic E-state index is -1.08. The van der Waals surface area contributed by atoms with Crippen molar-refractivity contribution in [1.29, 1.82) is 0 Å². The second-order valence-electron chi connectivity index (χ2n) is 5.03. The number of aryl methyl sites for hydroxylation is 1. The van der Waals surface area contributed by atoms with Crippen molar-refractivity contribution in [3.05, 3.63) is 70.0 Å². The lowest BCUT2D eigenvalue weighted by molar-refractivity contribution is 0.0576. The van der Waals surface area contributed by atoms with Gasteiger partial charge in [-0.1, -0.05) is 53.6 Å². The number of hydrogen-bond acceptors (Lipinski definition) is 1. The third kappa shape index (κ3) is 3.14. The summed E-state index contributed by atoms with van der Waals surface area (Å²) in [6, 6.07) is 12.3. The Bertz CT molecular complexity index is 576. The normalized spacial score (nSPS) is 14.2. The molecule has 2 aromatic carbocycles. The maximum Gasteiger partial charge on any atom is 0.142 e. The van der Waals surface area contributed by atoms with E-state index in [1.165, 1.54) is 6.07 Å². The molecule has 2 rings (SSSR count). The predicted molar refractivity (Wildman–Crippen MR) is 75.9 cm³/mol. The molecule has 1 N–H and O–H groups in total. The predicted octanol–water partition coefficient (Wildman–Crippen LogP) is 4.24. The first-order valence-corrected chi connectivity index (χ1v) is 6.50. The minimum Gasteiger partial charge on any atom is -0.385 e. The molecule has 0 radical (unpaired) electrons. The van der Waals surface area contributed by atoms with E-state index in [4.69, 9.17) is 11.6 Å². The monoisotopic (exact) mass is 278 g/mol. The molecule has 0 aromatic heterocycles. The number of hydrogen-bond donors (Lipinski definition) is 1. The molecule has 19 heavy (non-hydrogen) atoms. The molecule has 0 aliphatic heterocycles. The number of benzene rings is 2. The van der Waals surface area contributed by atoms with Crippen molar-refractivity contribution in [3.63, 3.8) is 0 Å². The van der Waals surface area contributed by atoms with E-state index in [1.807, 2.05) is 31.2 Å². The molecule has 0 fully saturated rings. The lowest BCUT2D eigenvalue weighted by Crippen LogP contribution is -2.24. The molecule has 100 valence electrons. The van der Waals surface area contributed by atoms with Crippen molar-refractivity contribution in [2.24, 2.45) is 0 Å². The average molecular weight is 279 g/mol. The van der Waals surface area contributed by atoms with Gasteiger partial charge < -0.3 is 5.11 Å². The van der Waals surface area contributed by atoms with Crippen LogP contribution in [0.2, 0.25) is 5.02 Å². The summed E-state index contributed by atoms with van der Waals surface area (Å²) in [4.78, 5) is 0. The fraction of sp³-hybridized carbons (Fsp3) is 0.250. The van der Waals surface area contributed by atoms with Crippen molar-refractivity contribution in [2.45, 2.75) is 25.9 Å². The highest BCUT2D eigenvalue weighted by molar-refractivity contribution is 6.31. The molecule has 0 aliphatic rings. The van der Waals surface area contributed by atoms with Gasteiger partial charge in [-0.25, -0.2) is 4.39 Å². The minimum absolute atomic E-state index is 0.0786. The first-order valence-electron chi connectivity index (χ1n) is 6.12. The highest BCUT2D eigenvalue weighted by Gasteiger charge is 2.25. The zero-order chi connectivity index (χ0) is 14.0. The zero-order valence-corrected chi connectivity index (χ0v) is 11.7. The Labute approximate surface area is 117 Å². The van der Waals surface area contributed by atoms with Crippen LogP contribution in [0.5, 0.6) is 0 Å². The summed E-state index contributed by atoms with van der Waals surface area (Å²) in [6.07, 6.45) is 0.270. The Morgan fingerprint density at radius 1 is 1.16 bits per heavy atom. The Balaban J connectivity index is 2.30. The van der Waals surface area contributed by atoms with Gasteiger partial charge in [0.1, 0.15) is 5.82 Å². The van der Waals surface area contributed by atoms with E-state index < -0.39 is 11.4 Å². The molecule has 0 saturated carbocycles. The van der Waals surface area contributed by atoms with Gasteiger partial charge >= 0.3 is 0 Å². The zero-order valence-electron chi connectivity index (χ0n) is 11.0. The van der Waals surface area contributed by atoms with Crippen LogP contribution >= 0.6 is 11.6 Å². The molecular formula is C16H16ClFO. The summed E-state index contributed by atoms with van der Waals surface area (Å²) >= 11 is 5.93. The molecule has 1 atom stereocenters. The van der Waals surface area contributed by atoms with E-state index in [-0.39, 0.29) is 11.4 Å². The summed E-state index contributed by atoms with van der Waals surface area (Å²) in [5.41, 5.74) is 1.44. The summed E-state index contributed by atoms with van der Waals surface area (Å²) < 4.78 is 13.4. The van der Waals surface area contributed by atoms with E-state index >= 15 is 0 Å². The van der Waals surface area contributed by atoms with Crippen LogP contribution in [0.3, 0.4) is 0 Å². The molecule has 3 heteroatoms. The van der Waals surface area contributed by atoms with Gasteiger partial charge in [0.25, 0.3) is 0 Å². The first-order chi connectivity index (χ1) is 8.90. The van der Waals surface area contributed by atoms with Crippen LogP contribution < -0.4 is 0 Å². The van der Waals surface area contributed by atoms with Gasteiger partial charge in [-0.15, -0.1) is 0 Å². The number of aliphatic hydroxyl groups is 1. The van der Waals surface area contributed by atoms with E-state index in [1.54, 1.807) is 19.1 Å². The molecule has 1 nitrogen and oxygen atoms in total. The maximum absolute atomic E-state index is 13.4. The van der Waals surface area contributed by atoms with Gasteiger partial charge in [0.2, 0.25) is 0 Å². The van der Waals surface area contributed by atoms with Crippen molar-refractivity contribution >= 4 is 11.6 Å². The standard InChI is InChI=1S/C16H16ClFO/c1-11-6-8-13(9-7-11)16(2,19)10-12-4-3-5-14(18)15(12)17/h3-9,19H,10H2,1-2H3. The molecule has 2 aromatic rings. The van der Waals surface area contributed by atoms with Crippen LogP contribution in [0.15, 0.2) is 42.5 Å². The molecule has 0 amide bonds. The lowest BCUT2D eigenvalue weighted by Gasteiger charge is -2.24. The second kappa shape index (κ2) is 5.32. The molecule has 0 bridgehead atoms. The Hall–Kier alpha value is -1.38. The summed E-state index contributed by atoms with van der Waals surface area (Å²) in [5.74, 6) is -0.459. The van der Waals surface area contributed by atoms with Crippen LogP contribution in [-0.4, -0.2) is 5.11 Å². The largest absolute Gasteiger partial charge is 0.385 e. The second-order valence-corrected chi connectivity index (χ2v) is 5.41. The maximum atomic E-state index is 13.4. The van der Waals surface area contributed by atoms with Gasteiger partial charge in [-0.3, -0.25) is 0 Å². The lowest BCUT2D eigenvalue weighted by atomic mass is 9.88. The van der Waals surface area contributed by atoms with E-state index in [0.29, 0.717) is 5.56 Å². The van der Waals surface area contributed by atoms with Gasteiger partial charge in [-0.2, -0.15) is 0 Å². The summed E-state index contributed by atoms with van der Waals surface area (Å²) in [6.45, 7) is 3.70. The van der Waals surface area contributed by atoms with Gasteiger partial charge in [0.05, 0.1) is 10.6 Å². The Kier molecular flexibility index (Phi) is 3.93. The average Bonchev–Trinajstić information content (AvgIpc) is 2.35. The van der Waals surface area contributed by atoms with Crippen molar-refractivity contribution in [1.82, 2.24) is 0 Å².